The van der Waals surface area contributed by atoms with E-state index in [2.05, 4.69) is 43.5 Å². The maximum atomic E-state index is 11.9. The molecule has 2 aromatic rings. The molecule has 26 heavy (non-hydrogen) atoms. The number of rotatable bonds is 7. The number of carbonyl (C=O) groups is 1. The van der Waals surface area contributed by atoms with Crippen molar-refractivity contribution in [1.82, 2.24) is 0 Å². The predicted octanol–water partition coefficient (Wildman–Crippen LogP) is 5.58. The predicted molar refractivity (Wildman–Crippen MR) is 112 cm³/mol. The maximum absolute atomic E-state index is 11.9. The lowest BCUT2D eigenvalue weighted by molar-refractivity contribution is 0.0500. The quantitative estimate of drug-likeness (QED) is 0.379. The van der Waals surface area contributed by atoms with Crippen molar-refractivity contribution in [2.24, 2.45) is 0 Å². The van der Waals surface area contributed by atoms with Gasteiger partial charge >= 0.3 is 5.97 Å². The zero-order valence-corrected chi connectivity index (χ0v) is 16.4. The van der Waals surface area contributed by atoms with Crippen LogP contribution in [-0.4, -0.2) is 17.7 Å². The molecule has 138 valence electrons. The second-order valence-corrected chi connectivity index (χ2v) is 6.83. The third-order valence-corrected chi connectivity index (χ3v) is 4.15. The third kappa shape index (κ3) is 6.15. The van der Waals surface area contributed by atoms with Gasteiger partial charge < -0.3 is 15.4 Å². The van der Waals surface area contributed by atoms with Gasteiger partial charge in [-0.2, -0.15) is 0 Å². The van der Waals surface area contributed by atoms with Crippen LogP contribution in [0.5, 0.6) is 0 Å². The Kier molecular flexibility index (Phi) is 7.60. The molecule has 2 aromatic carbocycles. The fourth-order valence-electron chi connectivity index (χ4n) is 2.33. The number of anilines is 2. The number of hydrogen-bond acceptors (Lipinski definition) is 3. The van der Waals surface area contributed by atoms with Crippen LogP contribution in [0.2, 0.25) is 0 Å². The lowest BCUT2D eigenvalue weighted by Crippen LogP contribution is -2.19. The first-order chi connectivity index (χ1) is 12.5. The van der Waals surface area contributed by atoms with Crippen LogP contribution in [0.4, 0.5) is 11.4 Å². The average molecular weight is 371 g/mol. The Labute approximate surface area is 161 Å². The first kappa shape index (κ1) is 19.9. The minimum Gasteiger partial charge on any atom is -0.462 e. The van der Waals surface area contributed by atoms with Crippen molar-refractivity contribution in [3.05, 3.63) is 59.7 Å². The molecule has 2 N–H and O–H groups in total. The normalized spacial score (nSPS) is 10.5. The molecule has 0 aliphatic heterocycles. The van der Waals surface area contributed by atoms with Crippen molar-refractivity contribution < 1.29 is 9.53 Å². The van der Waals surface area contributed by atoms with Gasteiger partial charge in [0.05, 0.1) is 12.2 Å². The average Bonchev–Trinajstić information content (AvgIpc) is 2.62. The van der Waals surface area contributed by atoms with Gasteiger partial charge in [-0.1, -0.05) is 39.3 Å². The number of nitrogens with one attached hydrogen (secondary N) is 2. The van der Waals surface area contributed by atoms with Gasteiger partial charge in [-0.15, -0.1) is 0 Å². The van der Waals surface area contributed by atoms with E-state index in [0.717, 1.165) is 24.2 Å². The number of thiocarbonyl (C=S) groups is 1. The van der Waals surface area contributed by atoms with E-state index in [0.29, 0.717) is 23.2 Å². The number of carbonyl (C=O) groups excluding carboxylic acids is 1. The van der Waals surface area contributed by atoms with E-state index in [4.69, 9.17) is 17.0 Å². The SMILES string of the molecule is CCCCOC(=O)c1ccc(NC(=S)Nc2ccc(C(C)C)cc2)cc1. The van der Waals surface area contributed by atoms with Crippen molar-refractivity contribution >= 4 is 34.7 Å². The molecule has 0 bridgehead atoms. The highest BCUT2D eigenvalue weighted by molar-refractivity contribution is 7.80. The molecule has 4 nitrogen and oxygen atoms in total. The molecule has 0 fully saturated rings. The van der Waals surface area contributed by atoms with Gasteiger partial charge in [0, 0.05) is 11.4 Å². The van der Waals surface area contributed by atoms with E-state index in [1.54, 1.807) is 12.1 Å². The van der Waals surface area contributed by atoms with Crippen LogP contribution in [0.1, 0.15) is 55.5 Å². The van der Waals surface area contributed by atoms with E-state index in [1.165, 1.54) is 5.56 Å². The first-order valence-electron chi connectivity index (χ1n) is 8.94. The van der Waals surface area contributed by atoms with E-state index in [1.807, 2.05) is 24.3 Å². The van der Waals surface area contributed by atoms with Crippen LogP contribution in [0.15, 0.2) is 48.5 Å². The molecule has 2 rings (SSSR count). The minimum absolute atomic E-state index is 0.295. The highest BCUT2D eigenvalue weighted by atomic mass is 32.1. The monoisotopic (exact) mass is 370 g/mol. The largest absolute Gasteiger partial charge is 0.462 e. The third-order valence-electron chi connectivity index (χ3n) is 3.94. The summed E-state index contributed by atoms with van der Waals surface area (Å²) in [4.78, 5) is 11.9. The summed E-state index contributed by atoms with van der Waals surface area (Å²) in [5, 5.41) is 6.77. The summed E-state index contributed by atoms with van der Waals surface area (Å²) in [5.74, 6) is 0.206. The van der Waals surface area contributed by atoms with Crippen LogP contribution < -0.4 is 10.6 Å². The Balaban J connectivity index is 1.87. The summed E-state index contributed by atoms with van der Waals surface area (Å²) in [6.07, 6.45) is 1.88. The standard InChI is InChI=1S/C21H26N2O2S/c1-4-5-14-25-20(24)17-8-12-19(13-9-17)23-21(26)22-18-10-6-16(7-11-18)15(2)3/h6-13,15H,4-5,14H2,1-3H3,(H2,22,23,26). The van der Waals surface area contributed by atoms with E-state index in [-0.39, 0.29) is 5.97 Å². The van der Waals surface area contributed by atoms with E-state index in [9.17, 15) is 4.79 Å². The summed E-state index contributed by atoms with van der Waals surface area (Å²) in [7, 11) is 0. The molecule has 0 atom stereocenters. The number of esters is 1. The molecule has 5 heteroatoms. The second kappa shape index (κ2) is 9.92. The molecule has 0 radical (unpaired) electrons. The summed E-state index contributed by atoms with van der Waals surface area (Å²) < 4.78 is 5.20. The Hall–Kier alpha value is -2.40. The number of benzene rings is 2. The van der Waals surface area contributed by atoms with Crippen molar-refractivity contribution in [3.8, 4) is 0 Å². The number of ether oxygens (including phenoxy) is 1. The van der Waals surface area contributed by atoms with Crippen molar-refractivity contribution in [3.63, 3.8) is 0 Å². The van der Waals surface area contributed by atoms with Crippen LogP contribution in [0.3, 0.4) is 0 Å². The second-order valence-electron chi connectivity index (χ2n) is 6.42. The van der Waals surface area contributed by atoms with Gasteiger partial charge in [0.2, 0.25) is 0 Å². The lowest BCUT2D eigenvalue weighted by atomic mass is 10.0. The van der Waals surface area contributed by atoms with Gasteiger partial charge in [0.25, 0.3) is 0 Å². The van der Waals surface area contributed by atoms with Crippen molar-refractivity contribution in [2.45, 2.75) is 39.5 Å². The van der Waals surface area contributed by atoms with E-state index < -0.39 is 0 Å². The maximum Gasteiger partial charge on any atom is 0.338 e. The molecular weight excluding hydrogens is 344 g/mol. The summed E-state index contributed by atoms with van der Waals surface area (Å²) >= 11 is 5.34. The lowest BCUT2D eigenvalue weighted by Gasteiger charge is -2.12. The minimum atomic E-state index is -0.295. The fourth-order valence-corrected chi connectivity index (χ4v) is 2.56. The Morgan fingerprint density at radius 3 is 2.04 bits per heavy atom. The fraction of sp³-hybridized carbons (Fsp3) is 0.333. The summed E-state index contributed by atoms with van der Waals surface area (Å²) in [5.41, 5.74) is 3.57. The Morgan fingerprint density at radius 1 is 1.00 bits per heavy atom. The van der Waals surface area contributed by atoms with E-state index >= 15 is 0 Å². The summed E-state index contributed by atoms with van der Waals surface area (Å²) in [6, 6.07) is 15.3. The van der Waals surface area contributed by atoms with Gasteiger partial charge in [0.15, 0.2) is 5.11 Å². The zero-order valence-electron chi connectivity index (χ0n) is 15.5. The zero-order chi connectivity index (χ0) is 18.9. The summed E-state index contributed by atoms with van der Waals surface area (Å²) in [6.45, 7) is 6.85. The molecule has 0 saturated carbocycles. The van der Waals surface area contributed by atoms with Gasteiger partial charge in [-0.25, -0.2) is 4.79 Å². The first-order valence-corrected chi connectivity index (χ1v) is 9.35. The molecular formula is C21H26N2O2S. The number of unbranched alkanes of at least 4 members (excludes halogenated alkanes) is 1. The number of hydrogen-bond donors (Lipinski definition) is 2. The Morgan fingerprint density at radius 2 is 1.54 bits per heavy atom. The Bertz CT molecular complexity index is 725. The molecule has 0 aliphatic carbocycles. The smallest absolute Gasteiger partial charge is 0.338 e. The molecule has 0 spiro atoms. The topological polar surface area (TPSA) is 50.4 Å². The highest BCUT2D eigenvalue weighted by Gasteiger charge is 2.07. The van der Waals surface area contributed by atoms with Crippen LogP contribution in [-0.2, 0) is 4.74 Å². The van der Waals surface area contributed by atoms with Gasteiger partial charge in [-0.05, 0) is 66.5 Å². The van der Waals surface area contributed by atoms with Gasteiger partial charge in [0.1, 0.15) is 0 Å². The molecule has 0 aliphatic rings. The molecule has 0 amide bonds. The van der Waals surface area contributed by atoms with Gasteiger partial charge in [-0.3, -0.25) is 0 Å². The molecule has 0 unspecified atom stereocenters. The highest BCUT2D eigenvalue weighted by Crippen LogP contribution is 2.17. The van der Waals surface area contributed by atoms with Crippen LogP contribution in [0, 0.1) is 0 Å². The van der Waals surface area contributed by atoms with Crippen LogP contribution in [0.25, 0.3) is 0 Å². The molecule has 0 heterocycles. The van der Waals surface area contributed by atoms with Crippen molar-refractivity contribution in [2.75, 3.05) is 17.2 Å². The molecule has 0 saturated heterocycles. The molecule has 0 aromatic heterocycles. The van der Waals surface area contributed by atoms with Crippen molar-refractivity contribution in [1.29, 1.82) is 0 Å². The van der Waals surface area contributed by atoms with Crippen LogP contribution >= 0.6 is 12.2 Å².